The Labute approximate surface area is 129 Å². The summed E-state index contributed by atoms with van der Waals surface area (Å²) in [5.74, 6) is 0.571. The van der Waals surface area contributed by atoms with Crippen LogP contribution in [0.2, 0.25) is 0 Å². The lowest BCUT2D eigenvalue weighted by Gasteiger charge is -2.19. The number of nitriles is 2. The second-order valence-corrected chi connectivity index (χ2v) is 5.12. The molecule has 22 heavy (non-hydrogen) atoms. The molecule has 0 spiro atoms. The maximum atomic E-state index is 12.1. The lowest BCUT2D eigenvalue weighted by Crippen LogP contribution is -2.50. The van der Waals surface area contributed by atoms with Gasteiger partial charge in [-0.25, -0.2) is 4.98 Å². The number of nitrogens with zero attached hydrogens (tertiary/aromatic N) is 3. The molecule has 1 fully saturated rings. The molecule has 0 aliphatic carbocycles. The van der Waals surface area contributed by atoms with E-state index in [4.69, 9.17) is 5.26 Å². The van der Waals surface area contributed by atoms with Crippen LogP contribution < -0.4 is 16.0 Å². The lowest BCUT2D eigenvalue weighted by atomic mass is 9.94. The van der Waals surface area contributed by atoms with Gasteiger partial charge in [-0.1, -0.05) is 0 Å². The van der Waals surface area contributed by atoms with E-state index in [1.165, 1.54) is 6.20 Å². The highest BCUT2D eigenvalue weighted by Crippen LogP contribution is 2.19. The summed E-state index contributed by atoms with van der Waals surface area (Å²) < 4.78 is 0. The summed E-state index contributed by atoms with van der Waals surface area (Å²) in [6.45, 7) is 2.06. The molecule has 7 nitrogen and oxygen atoms in total. The summed E-state index contributed by atoms with van der Waals surface area (Å²) in [5, 5.41) is 27.0. The van der Waals surface area contributed by atoms with Crippen LogP contribution in [0.15, 0.2) is 18.3 Å². The maximum absolute atomic E-state index is 12.1. The van der Waals surface area contributed by atoms with Gasteiger partial charge in [0.2, 0.25) is 0 Å². The minimum absolute atomic E-state index is 0.107. The highest BCUT2D eigenvalue weighted by molar-refractivity contribution is 5.93. The number of carbonyl (C=O) groups is 1. The molecule has 7 heteroatoms. The van der Waals surface area contributed by atoms with Gasteiger partial charge >= 0.3 is 0 Å². The van der Waals surface area contributed by atoms with Gasteiger partial charge in [-0.15, -0.1) is 0 Å². The quantitative estimate of drug-likeness (QED) is 0.615. The first-order chi connectivity index (χ1) is 10.7. The van der Waals surface area contributed by atoms with Crippen LogP contribution in [0.4, 0.5) is 5.82 Å². The zero-order chi connectivity index (χ0) is 15.8. The Bertz CT molecular complexity index is 592. The fourth-order valence-corrected chi connectivity index (χ4v) is 2.34. The van der Waals surface area contributed by atoms with Crippen LogP contribution in [0.25, 0.3) is 0 Å². The van der Waals surface area contributed by atoms with E-state index in [1.54, 1.807) is 12.1 Å². The zero-order valence-corrected chi connectivity index (χ0v) is 12.2. The van der Waals surface area contributed by atoms with Crippen molar-refractivity contribution in [3.63, 3.8) is 0 Å². The second-order valence-electron chi connectivity index (χ2n) is 5.12. The van der Waals surface area contributed by atoms with E-state index in [0.717, 1.165) is 6.42 Å². The first-order valence-corrected chi connectivity index (χ1v) is 7.20. The second kappa shape index (κ2) is 7.51. The highest BCUT2D eigenvalue weighted by atomic mass is 16.1. The van der Waals surface area contributed by atoms with E-state index in [1.807, 2.05) is 6.07 Å². The fourth-order valence-electron chi connectivity index (χ4n) is 2.34. The van der Waals surface area contributed by atoms with Crippen molar-refractivity contribution in [3.05, 3.63) is 23.9 Å². The van der Waals surface area contributed by atoms with Crippen LogP contribution in [-0.4, -0.2) is 42.5 Å². The average Bonchev–Trinajstić information content (AvgIpc) is 3.05. The Morgan fingerprint density at radius 2 is 2.27 bits per heavy atom. The standard InChI is InChI=1S/C15H18N6O/c16-8-12-2-3-14(20-9-12)19-7-6-18-10-13(22)15(11-17)4-1-5-21-15/h2-3,9,18,21H,1,4-7,10H2,(H,19,20)/t15-/m0/s1. The molecule has 0 saturated carbocycles. The third-order valence-corrected chi connectivity index (χ3v) is 3.61. The number of pyridine rings is 1. The van der Waals surface area contributed by atoms with Crippen molar-refractivity contribution in [3.8, 4) is 12.1 Å². The van der Waals surface area contributed by atoms with Gasteiger partial charge in [0.05, 0.1) is 18.2 Å². The summed E-state index contributed by atoms with van der Waals surface area (Å²) in [6.07, 6.45) is 2.93. The zero-order valence-electron chi connectivity index (χ0n) is 12.2. The highest BCUT2D eigenvalue weighted by Gasteiger charge is 2.40. The molecule has 1 aromatic heterocycles. The number of Topliss-reactive ketones (excluding diaryl/α,β-unsaturated/α-hetero) is 1. The Kier molecular flexibility index (Phi) is 5.42. The molecule has 0 radical (unpaired) electrons. The molecule has 114 valence electrons. The van der Waals surface area contributed by atoms with Gasteiger partial charge in [0.25, 0.3) is 0 Å². The number of rotatable bonds is 7. The van der Waals surface area contributed by atoms with Crippen LogP contribution in [0.1, 0.15) is 18.4 Å². The van der Waals surface area contributed by atoms with Crippen molar-refractivity contribution in [1.29, 1.82) is 10.5 Å². The van der Waals surface area contributed by atoms with Gasteiger partial charge in [0, 0.05) is 19.3 Å². The minimum atomic E-state index is -1.00. The van der Waals surface area contributed by atoms with Crippen LogP contribution in [0.3, 0.4) is 0 Å². The SMILES string of the molecule is N#Cc1ccc(NCCNCC(=O)[C@@]2(C#N)CCCN2)nc1. The number of aromatic nitrogens is 1. The van der Waals surface area contributed by atoms with Crippen molar-refractivity contribution >= 4 is 11.6 Å². The number of anilines is 1. The summed E-state index contributed by atoms with van der Waals surface area (Å²) in [7, 11) is 0. The van der Waals surface area contributed by atoms with Crippen LogP contribution in [0.5, 0.6) is 0 Å². The number of ketones is 1. The monoisotopic (exact) mass is 298 g/mol. The number of hydrogen-bond donors (Lipinski definition) is 3. The van der Waals surface area contributed by atoms with Crippen molar-refractivity contribution < 1.29 is 4.79 Å². The minimum Gasteiger partial charge on any atom is -0.369 e. The fraction of sp³-hybridized carbons (Fsp3) is 0.467. The van der Waals surface area contributed by atoms with E-state index in [9.17, 15) is 10.1 Å². The molecular weight excluding hydrogens is 280 g/mol. The van der Waals surface area contributed by atoms with Gasteiger partial charge in [-0.05, 0) is 31.5 Å². The lowest BCUT2D eigenvalue weighted by molar-refractivity contribution is -0.122. The van der Waals surface area contributed by atoms with Crippen LogP contribution >= 0.6 is 0 Å². The number of nitrogens with one attached hydrogen (secondary N) is 3. The predicted octanol–water partition coefficient (Wildman–Crippen LogP) is 0.170. The summed E-state index contributed by atoms with van der Waals surface area (Å²) in [6, 6.07) is 7.53. The van der Waals surface area contributed by atoms with Crippen LogP contribution in [0, 0.1) is 22.7 Å². The third-order valence-electron chi connectivity index (χ3n) is 3.61. The molecule has 1 saturated heterocycles. The van der Waals surface area contributed by atoms with Gasteiger partial charge < -0.3 is 10.6 Å². The van der Waals surface area contributed by atoms with Gasteiger partial charge in [-0.2, -0.15) is 10.5 Å². The molecule has 0 aromatic carbocycles. The normalized spacial score (nSPS) is 20.1. The molecule has 3 N–H and O–H groups in total. The Morgan fingerprint density at radius 1 is 1.41 bits per heavy atom. The molecular formula is C15H18N6O. The smallest absolute Gasteiger partial charge is 0.181 e. The molecule has 1 aliphatic heterocycles. The Morgan fingerprint density at radius 3 is 2.86 bits per heavy atom. The van der Waals surface area contributed by atoms with E-state index >= 15 is 0 Å². The van der Waals surface area contributed by atoms with E-state index in [0.29, 0.717) is 37.4 Å². The number of carbonyl (C=O) groups excluding carboxylic acids is 1. The first-order valence-electron chi connectivity index (χ1n) is 7.20. The predicted molar refractivity (Wildman–Crippen MR) is 80.9 cm³/mol. The van der Waals surface area contributed by atoms with E-state index in [2.05, 4.69) is 27.0 Å². The molecule has 0 amide bonds. The van der Waals surface area contributed by atoms with Gasteiger partial charge in [-0.3, -0.25) is 10.1 Å². The molecule has 1 aromatic rings. The molecule has 1 aliphatic rings. The Balaban J connectivity index is 1.68. The summed E-state index contributed by atoms with van der Waals surface area (Å²) in [5.41, 5.74) is -0.491. The van der Waals surface area contributed by atoms with Crippen molar-refractivity contribution in [2.24, 2.45) is 0 Å². The van der Waals surface area contributed by atoms with Gasteiger partial charge in [0.15, 0.2) is 11.3 Å². The van der Waals surface area contributed by atoms with Gasteiger partial charge in [0.1, 0.15) is 11.9 Å². The summed E-state index contributed by atoms with van der Waals surface area (Å²) in [4.78, 5) is 16.2. The average molecular weight is 298 g/mol. The largest absolute Gasteiger partial charge is 0.369 e. The molecule has 0 bridgehead atoms. The van der Waals surface area contributed by atoms with Crippen LogP contribution in [-0.2, 0) is 4.79 Å². The van der Waals surface area contributed by atoms with Crippen molar-refractivity contribution in [2.45, 2.75) is 18.4 Å². The van der Waals surface area contributed by atoms with Crippen molar-refractivity contribution in [1.82, 2.24) is 15.6 Å². The molecule has 2 heterocycles. The van der Waals surface area contributed by atoms with E-state index in [-0.39, 0.29) is 12.3 Å². The maximum Gasteiger partial charge on any atom is 0.181 e. The molecule has 0 unspecified atom stereocenters. The topological polar surface area (TPSA) is 114 Å². The Hall–Kier alpha value is -2.48. The first kappa shape index (κ1) is 15.9. The molecule has 2 rings (SSSR count). The molecule has 1 atom stereocenters. The summed E-state index contributed by atoms with van der Waals surface area (Å²) >= 11 is 0. The number of hydrogen-bond acceptors (Lipinski definition) is 7. The van der Waals surface area contributed by atoms with Crippen molar-refractivity contribution in [2.75, 3.05) is 31.5 Å². The van der Waals surface area contributed by atoms with E-state index < -0.39 is 5.54 Å². The third kappa shape index (κ3) is 3.79.